The number of β-amino-alcohol motifs (C(OH)–C–C–N with tert-alkyl or cyclic N) is 1. The zero-order valence-corrected chi connectivity index (χ0v) is 14.5. The number of carbonyl (C=O) groups is 1. The Morgan fingerprint density at radius 1 is 1.21 bits per heavy atom. The van der Waals surface area contributed by atoms with Crippen LogP contribution in [0.3, 0.4) is 0 Å². The van der Waals surface area contributed by atoms with E-state index in [9.17, 15) is 9.90 Å². The van der Waals surface area contributed by atoms with Gasteiger partial charge in [-0.25, -0.2) is 9.78 Å². The molecular weight excluding hydrogens is 330 g/mol. The van der Waals surface area contributed by atoms with Gasteiger partial charge in [-0.3, -0.25) is 4.90 Å². The molecule has 0 unspecified atom stereocenters. The van der Waals surface area contributed by atoms with Crippen LogP contribution in [0.2, 0.25) is 5.02 Å². The minimum atomic E-state index is -1.05. The topological polar surface area (TPSA) is 76.9 Å². The first-order valence-electron chi connectivity index (χ1n) is 8.62. The molecule has 2 atom stereocenters. The number of nitrogens with zero attached hydrogens (tertiary/aromatic N) is 3. The molecule has 2 aliphatic heterocycles. The number of aliphatic hydroxyl groups is 1. The van der Waals surface area contributed by atoms with Gasteiger partial charge in [0.15, 0.2) is 0 Å². The van der Waals surface area contributed by atoms with Crippen LogP contribution in [0.25, 0.3) is 0 Å². The van der Waals surface area contributed by atoms with Crippen LogP contribution in [-0.4, -0.2) is 64.4 Å². The number of aromatic carboxylic acids is 1. The Balaban J connectivity index is 1.67. The molecule has 0 spiro atoms. The summed E-state index contributed by atoms with van der Waals surface area (Å²) in [5, 5.41) is 19.9. The summed E-state index contributed by atoms with van der Waals surface area (Å²) in [4.78, 5) is 19.6. The summed E-state index contributed by atoms with van der Waals surface area (Å²) in [6, 6.07) is 1.61. The van der Waals surface area contributed by atoms with Gasteiger partial charge in [-0.2, -0.15) is 0 Å². The third kappa shape index (κ3) is 3.82. The molecule has 2 fully saturated rings. The van der Waals surface area contributed by atoms with E-state index in [1.54, 1.807) is 0 Å². The van der Waals surface area contributed by atoms with Gasteiger partial charge in [0.05, 0.1) is 16.7 Å². The van der Waals surface area contributed by atoms with Gasteiger partial charge < -0.3 is 15.1 Å². The first-order chi connectivity index (χ1) is 11.6. The second-order valence-corrected chi connectivity index (χ2v) is 7.06. The summed E-state index contributed by atoms with van der Waals surface area (Å²) in [5.74, 6) is -0.495. The highest BCUT2D eigenvalue weighted by Crippen LogP contribution is 2.29. The summed E-state index contributed by atoms with van der Waals surface area (Å²) in [7, 11) is 0. The number of aromatic nitrogens is 1. The molecule has 2 saturated heterocycles. The minimum absolute atomic E-state index is 0.0729. The average molecular weight is 354 g/mol. The standard InChI is InChI=1S/C17H24ClN3O3/c18-13-9-12(17(23)24)10-19-16(13)21-8-5-14(15(22)11-21)20-6-3-1-2-4-7-20/h9-10,14-15,22H,1-8,11H2,(H,23,24)/t14-,15-/m1/s1. The van der Waals surface area contributed by atoms with Crippen molar-refractivity contribution in [2.24, 2.45) is 0 Å². The molecule has 6 nitrogen and oxygen atoms in total. The van der Waals surface area contributed by atoms with Crippen molar-refractivity contribution in [3.8, 4) is 0 Å². The van der Waals surface area contributed by atoms with Crippen LogP contribution in [0, 0.1) is 0 Å². The second-order valence-electron chi connectivity index (χ2n) is 6.65. The minimum Gasteiger partial charge on any atom is -0.478 e. The maximum atomic E-state index is 11.0. The van der Waals surface area contributed by atoms with Gasteiger partial charge in [-0.15, -0.1) is 0 Å². The molecule has 0 amide bonds. The van der Waals surface area contributed by atoms with Crippen molar-refractivity contribution in [3.05, 3.63) is 22.8 Å². The Bertz CT molecular complexity index is 590. The van der Waals surface area contributed by atoms with E-state index in [1.807, 2.05) is 4.90 Å². The van der Waals surface area contributed by atoms with Gasteiger partial charge in [-0.1, -0.05) is 24.4 Å². The van der Waals surface area contributed by atoms with E-state index >= 15 is 0 Å². The largest absolute Gasteiger partial charge is 0.478 e. The fourth-order valence-corrected chi connectivity index (χ4v) is 4.03. The summed E-state index contributed by atoms with van der Waals surface area (Å²) < 4.78 is 0. The number of aliphatic hydroxyl groups excluding tert-OH is 1. The van der Waals surface area contributed by atoms with Gasteiger partial charge in [0.1, 0.15) is 5.82 Å². The number of piperidine rings is 1. The van der Waals surface area contributed by atoms with Crippen LogP contribution in [0.15, 0.2) is 12.3 Å². The molecule has 24 heavy (non-hydrogen) atoms. The Hall–Kier alpha value is -1.37. The monoisotopic (exact) mass is 353 g/mol. The lowest BCUT2D eigenvalue weighted by Crippen LogP contribution is -2.54. The predicted octanol–water partition coefficient (Wildman–Crippen LogP) is 2.25. The molecule has 1 aromatic heterocycles. The average Bonchev–Trinajstić information content (AvgIpc) is 2.83. The molecule has 0 aromatic carbocycles. The third-order valence-corrected chi connectivity index (χ3v) is 5.30. The van der Waals surface area contributed by atoms with Crippen molar-refractivity contribution < 1.29 is 15.0 Å². The van der Waals surface area contributed by atoms with Crippen LogP contribution < -0.4 is 4.90 Å². The summed E-state index contributed by atoms with van der Waals surface area (Å²) in [5.41, 5.74) is 0.0729. The Labute approximate surface area is 147 Å². The number of pyridine rings is 1. The third-order valence-electron chi connectivity index (χ3n) is 5.02. The number of halogens is 1. The number of carboxylic acids is 1. The van der Waals surface area contributed by atoms with Gasteiger partial charge in [-0.05, 0) is 38.4 Å². The zero-order chi connectivity index (χ0) is 17.1. The molecule has 1 aromatic rings. The Morgan fingerprint density at radius 2 is 1.92 bits per heavy atom. The SMILES string of the molecule is O=C(O)c1cnc(N2CC[C@@H](N3CCCCCC3)[C@H](O)C2)c(Cl)c1. The first-order valence-corrected chi connectivity index (χ1v) is 9.00. The van der Waals surface area contributed by atoms with E-state index in [0.29, 0.717) is 17.4 Å². The zero-order valence-electron chi connectivity index (χ0n) is 13.7. The van der Waals surface area contributed by atoms with E-state index in [1.165, 1.54) is 37.9 Å². The fourth-order valence-electron chi connectivity index (χ4n) is 3.74. The molecule has 0 aliphatic carbocycles. The van der Waals surface area contributed by atoms with Crippen molar-refractivity contribution in [2.75, 3.05) is 31.1 Å². The van der Waals surface area contributed by atoms with E-state index < -0.39 is 12.1 Å². The normalized spacial score (nSPS) is 26.2. The van der Waals surface area contributed by atoms with Crippen LogP contribution in [-0.2, 0) is 0 Å². The summed E-state index contributed by atoms with van der Waals surface area (Å²) >= 11 is 6.20. The van der Waals surface area contributed by atoms with Crippen LogP contribution in [0.4, 0.5) is 5.82 Å². The van der Waals surface area contributed by atoms with Crippen molar-refractivity contribution in [3.63, 3.8) is 0 Å². The molecule has 3 rings (SSSR count). The van der Waals surface area contributed by atoms with Crippen LogP contribution >= 0.6 is 11.6 Å². The first kappa shape index (κ1) is 17.5. The van der Waals surface area contributed by atoms with E-state index in [2.05, 4.69) is 9.88 Å². The summed E-state index contributed by atoms with van der Waals surface area (Å²) in [6.45, 7) is 3.36. The molecule has 0 radical (unpaired) electrons. The number of rotatable bonds is 3. The highest BCUT2D eigenvalue weighted by molar-refractivity contribution is 6.33. The summed E-state index contributed by atoms with van der Waals surface area (Å²) in [6.07, 6.45) is 6.70. The van der Waals surface area contributed by atoms with E-state index in [4.69, 9.17) is 16.7 Å². The quantitative estimate of drug-likeness (QED) is 0.868. The molecule has 2 aliphatic rings. The number of anilines is 1. The second kappa shape index (κ2) is 7.68. The molecule has 2 N–H and O–H groups in total. The van der Waals surface area contributed by atoms with Crippen LogP contribution in [0.1, 0.15) is 42.5 Å². The lowest BCUT2D eigenvalue weighted by Gasteiger charge is -2.42. The van der Waals surface area contributed by atoms with Crippen molar-refractivity contribution >= 4 is 23.4 Å². The van der Waals surface area contributed by atoms with Crippen LogP contribution in [0.5, 0.6) is 0 Å². The van der Waals surface area contributed by atoms with Gasteiger partial charge >= 0.3 is 5.97 Å². The van der Waals surface area contributed by atoms with E-state index in [-0.39, 0.29) is 11.6 Å². The highest BCUT2D eigenvalue weighted by atomic mass is 35.5. The maximum Gasteiger partial charge on any atom is 0.337 e. The van der Waals surface area contributed by atoms with E-state index in [0.717, 1.165) is 26.1 Å². The number of carboxylic acid groups (broad SMARTS) is 1. The molecular formula is C17H24ClN3O3. The lowest BCUT2D eigenvalue weighted by molar-refractivity contribution is 0.0383. The smallest absolute Gasteiger partial charge is 0.337 e. The predicted molar refractivity (Wildman–Crippen MR) is 92.9 cm³/mol. The molecule has 3 heterocycles. The lowest BCUT2D eigenvalue weighted by atomic mass is 9.99. The highest BCUT2D eigenvalue weighted by Gasteiger charge is 2.33. The number of hydrogen-bond acceptors (Lipinski definition) is 5. The molecule has 132 valence electrons. The maximum absolute atomic E-state index is 11.0. The number of likely N-dealkylation sites (tertiary alicyclic amines) is 1. The Morgan fingerprint density at radius 3 is 2.50 bits per heavy atom. The molecule has 7 heteroatoms. The van der Waals surface area contributed by atoms with Crippen molar-refractivity contribution in [1.29, 1.82) is 0 Å². The molecule has 0 saturated carbocycles. The van der Waals surface area contributed by atoms with Crippen molar-refractivity contribution in [1.82, 2.24) is 9.88 Å². The van der Waals surface area contributed by atoms with Gasteiger partial charge in [0.2, 0.25) is 0 Å². The van der Waals surface area contributed by atoms with Crippen molar-refractivity contribution in [2.45, 2.75) is 44.2 Å². The number of hydrogen-bond donors (Lipinski definition) is 2. The van der Waals surface area contributed by atoms with Gasteiger partial charge in [0.25, 0.3) is 0 Å². The van der Waals surface area contributed by atoms with Gasteiger partial charge in [0, 0.05) is 25.3 Å². The Kier molecular flexibility index (Phi) is 5.58. The fraction of sp³-hybridized carbons (Fsp3) is 0.647. The molecule has 0 bridgehead atoms.